The monoisotopic (exact) mass is 498 g/mol. The van der Waals surface area contributed by atoms with Gasteiger partial charge in [0.05, 0.1) is 24.4 Å². The van der Waals surface area contributed by atoms with Crippen molar-refractivity contribution in [3.8, 4) is 0 Å². The van der Waals surface area contributed by atoms with E-state index in [4.69, 9.17) is 14.2 Å². The van der Waals surface area contributed by atoms with Crippen LogP contribution in [0.5, 0.6) is 0 Å². The lowest BCUT2D eigenvalue weighted by Gasteiger charge is -2.46. The van der Waals surface area contributed by atoms with Crippen LogP contribution in [-0.4, -0.2) is 93.8 Å². The molecule has 2 aliphatic rings. The minimum absolute atomic E-state index is 0.161. The molecule has 1 amide bonds. The van der Waals surface area contributed by atoms with Crippen LogP contribution in [0.4, 0.5) is 5.82 Å². The molecule has 0 aromatic carbocycles. The van der Waals surface area contributed by atoms with Gasteiger partial charge in [-0.1, -0.05) is 0 Å². The summed E-state index contributed by atoms with van der Waals surface area (Å²) < 4.78 is 19.3. The first kappa shape index (κ1) is 26.8. The summed E-state index contributed by atoms with van der Waals surface area (Å²) >= 11 is 1.39. The lowest BCUT2D eigenvalue weighted by atomic mass is 9.96. The van der Waals surface area contributed by atoms with Gasteiger partial charge in [-0.05, 0) is 58.5 Å². The highest BCUT2D eigenvalue weighted by Gasteiger charge is 2.46. The number of amides is 1. The van der Waals surface area contributed by atoms with Crippen molar-refractivity contribution < 1.29 is 29.2 Å². The average molecular weight is 499 g/mol. The minimum atomic E-state index is -1.20. The van der Waals surface area contributed by atoms with Gasteiger partial charge < -0.3 is 34.6 Å². The van der Waals surface area contributed by atoms with E-state index >= 15 is 0 Å². The summed E-state index contributed by atoms with van der Waals surface area (Å²) in [4.78, 5) is 30.0. The summed E-state index contributed by atoms with van der Waals surface area (Å²) in [5.41, 5.74) is -0.541. The topological polar surface area (TPSA) is 135 Å². The SMILES string of the molecule is CS/C=C/C(=O)Nc1ccn(C2CCC(OC3OC(C)C(N(C)C)C(O)C3O)C(C)O2)c(=O)n1. The zero-order valence-electron chi connectivity index (χ0n) is 20.0. The van der Waals surface area contributed by atoms with Crippen LogP contribution in [0.15, 0.2) is 28.5 Å². The van der Waals surface area contributed by atoms with Crippen molar-refractivity contribution in [2.24, 2.45) is 0 Å². The smallest absolute Gasteiger partial charge is 0.351 e. The highest BCUT2D eigenvalue weighted by molar-refractivity contribution is 8.01. The van der Waals surface area contributed by atoms with Crippen LogP contribution < -0.4 is 11.0 Å². The molecule has 0 radical (unpaired) electrons. The van der Waals surface area contributed by atoms with Gasteiger partial charge in [-0.3, -0.25) is 9.36 Å². The molecule has 190 valence electrons. The number of nitrogens with zero attached hydrogens (tertiary/aromatic N) is 3. The van der Waals surface area contributed by atoms with Crippen molar-refractivity contribution in [3.63, 3.8) is 0 Å². The van der Waals surface area contributed by atoms with E-state index < -0.39 is 42.6 Å². The average Bonchev–Trinajstić information content (AvgIpc) is 2.77. The number of aromatic nitrogens is 2. The molecule has 34 heavy (non-hydrogen) atoms. The van der Waals surface area contributed by atoms with Gasteiger partial charge >= 0.3 is 5.69 Å². The summed E-state index contributed by atoms with van der Waals surface area (Å²) in [5.74, 6) is -0.209. The van der Waals surface area contributed by atoms with Gasteiger partial charge in [0.15, 0.2) is 6.29 Å². The van der Waals surface area contributed by atoms with E-state index in [1.165, 1.54) is 28.6 Å². The molecule has 12 heteroatoms. The Balaban J connectivity index is 1.60. The standard InChI is InChI=1S/C22H34N4O7S/c1-12-14(33-21-20(29)19(28)18(25(3)4)13(2)32-21)6-7-17(31-12)26-10-8-15(24-22(26)30)23-16(27)9-11-34-5/h8-14,17-21,28-29H,6-7H2,1-5H3,(H,23,24,27,30)/b11-9+. The Hall–Kier alpha value is -1.80. The lowest BCUT2D eigenvalue weighted by molar-refractivity contribution is -0.310. The Morgan fingerprint density at radius 3 is 2.62 bits per heavy atom. The Bertz CT molecular complexity index is 927. The van der Waals surface area contributed by atoms with Crippen LogP contribution in [0.1, 0.15) is 32.9 Å². The van der Waals surface area contributed by atoms with Gasteiger partial charge in [0.1, 0.15) is 24.3 Å². The molecule has 3 heterocycles. The summed E-state index contributed by atoms with van der Waals surface area (Å²) in [6, 6.07) is 1.19. The molecule has 8 atom stereocenters. The molecule has 3 rings (SSSR count). The van der Waals surface area contributed by atoms with Crippen molar-refractivity contribution in [3.05, 3.63) is 34.2 Å². The highest BCUT2D eigenvalue weighted by Crippen LogP contribution is 2.32. The fourth-order valence-corrected chi connectivity index (χ4v) is 4.61. The third-order valence-corrected chi connectivity index (χ3v) is 6.46. The number of aliphatic hydroxyl groups is 2. The molecule has 0 spiro atoms. The molecule has 3 N–H and O–H groups in total. The molecular weight excluding hydrogens is 464 g/mol. The molecule has 2 saturated heterocycles. The number of aliphatic hydroxyl groups excluding tert-OH is 2. The number of carbonyl (C=O) groups is 1. The predicted octanol–water partition coefficient (Wildman–Crippen LogP) is 0.538. The third-order valence-electron chi connectivity index (χ3n) is 6.05. The molecule has 2 fully saturated rings. The van der Waals surface area contributed by atoms with Crippen LogP contribution in [0.2, 0.25) is 0 Å². The number of hydrogen-bond acceptors (Lipinski definition) is 10. The first-order valence-corrected chi connectivity index (χ1v) is 12.5. The second kappa shape index (κ2) is 11.8. The fourth-order valence-electron chi connectivity index (χ4n) is 4.35. The number of carbonyl (C=O) groups excluding carboxylic acids is 1. The van der Waals surface area contributed by atoms with E-state index in [2.05, 4.69) is 10.3 Å². The lowest BCUT2D eigenvalue weighted by Crippen LogP contribution is -2.62. The van der Waals surface area contributed by atoms with Crippen LogP contribution in [0.3, 0.4) is 0 Å². The highest BCUT2D eigenvalue weighted by atomic mass is 32.2. The Kier molecular flexibility index (Phi) is 9.27. The zero-order valence-corrected chi connectivity index (χ0v) is 20.8. The Labute approximate surface area is 203 Å². The molecule has 0 aliphatic carbocycles. The van der Waals surface area contributed by atoms with Gasteiger partial charge in [-0.15, -0.1) is 11.8 Å². The first-order chi connectivity index (χ1) is 16.1. The molecule has 0 bridgehead atoms. The van der Waals surface area contributed by atoms with Crippen molar-refractivity contribution in [1.82, 2.24) is 14.5 Å². The molecule has 1 aromatic rings. The number of anilines is 1. The van der Waals surface area contributed by atoms with Crippen molar-refractivity contribution >= 4 is 23.5 Å². The Morgan fingerprint density at radius 2 is 2.00 bits per heavy atom. The molecule has 8 unspecified atom stereocenters. The fraction of sp³-hybridized carbons (Fsp3) is 0.682. The number of rotatable bonds is 7. The molecule has 1 aromatic heterocycles. The van der Waals surface area contributed by atoms with Gasteiger partial charge in [0.2, 0.25) is 5.91 Å². The molecule has 11 nitrogen and oxygen atoms in total. The number of likely N-dealkylation sites (N-methyl/N-ethyl adjacent to an activating group) is 1. The van der Waals surface area contributed by atoms with E-state index in [9.17, 15) is 19.8 Å². The largest absolute Gasteiger partial charge is 0.388 e. The summed E-state index contributed by atoms with van der Waals surface area (Å²) in [7, 11) is 3.64. The van der Waals surface area contributed by atoms with E-state index in [-0.39, 0.29) is 23.9 Å². The van der Waals surface area contributed by atoms with Crippen LogP contribution in [0, 0.1) is 0 Å². The summed E-state index contributed by atoms with van der Waals surface area (Å²) in [6.45, 7) is 3.65. The van der Waals surface area contributed by atoms with Gasteiger partial charge in [0, 0.05) is 12.3 Å². The number of ether oxygens (including phenoxy) is 3. The zero-order chi connectivity index (χ0) is 25.0. The summed E-state index contributed by atoms with van der Waals surface area (Å²) in [5, 5.41) is 25.2. The Morgan fingerprint density at radius 1 is 1.26 bits per heavy atom. The van der Waals surface area contributed by atoms with E-state index in [1.54, 1.807) is 11.5 Å². The number of hydrogen-bond donors (Lipinski definition) is 3. The van der Waals surface area contributed by atoms with Gasteiger partial charge in [-0.25, -0.2) is 4.79 Å². The quantitative estimate of drug-likeness (QED) is 0.457. The third kappa shape index (κ3) is 6.25. The molecule has 2 aliphatic heterocycles. The first-order valence-electron chi connectivity index (χ1n) is 11.2. The van der Waals surface area contributed by atoms with Crippen LogP contribution >= 0.6 is 11.8 Å². The minimum Gasteiger partial charge on any atom is -0.388 e. The van der Waals surface area contributed by atoms with Crippen LogP contribution in [-0.2, 0) is 19.0 Å². The maximum atomic E-state index is 12.5. The normalized spacial score (nSPS) is 34.5. The number of nitrogens with one attached hydrogen (secondary N) is 1. The van der Waals surface area contributed by atoms with Gasteiger partial charge in [0.25, 0.3) is 0 Å². The van der Waals surface area contributed by atoms with Crippen molar-refractivity contribution in [2.45, 2.75) is 75.8 Å². The second-order valence-electron chi connectivity index (χ2n) is 8.72. The van der Waals surface area contributed by atoms with E-state index in [0.717, 1.165) is 0 Å². The molecule has 0 saturated carbocycles. The second-order valence-corrected chi connectivity index (χ2v) is 9.47. The maximum Gasteiger partial charge on any atom is 0.351 e. The van der Waals surface area contributed by atoms with Crippen molar-refractivity contribution in [1.29, 1.82) is 0 Å². The molecular formula is C22H34N4O7S. The predicted molar refractivity (Wildman–Crippen MR) is 127 cm³/mol. The van der Waals surface area contributed by atoms with Crippen LogP contribution in [0.25, 0.3) is 0 Å². The van der Waals surface area contributed by atoms with Gasteiger partial charge in [-0.2, -0.15) is 4.98 Å². The number of thioether (sulfide) groups is 1. The maximum absolute atomic E-state index is 12.5. The summed E-state index contributed by atoms with van der Waals surface area (Å²) in [6.07, 6.45) is 0.858. The van der Waals surface area contributed by atoms with E-state index in [1.807, 2.05) is 39.1 Å². The van der Waals surface area contributed by atoms with E-state index in [0.29, 0.717) is 12.8 Å². The van der Waals surface area contributed by atoms with Crippen molar-refractivity contribution in [2.75, 3.05) is 25.7 Å².